The lowest BCUT2D eigenvalue weighted by molar-refractivity contribution is -0.120. The summed E-state index contributed by atoms with van der Waals surface area (Å²) in [6, 6.07) is 10.0. The SMILES string of the molecule is Cc1ccc(NC(=O)[C@H]2CCCN(c3nnc(-n4cccc4)s3)C2)c(C)c1. The number of nitrogens with one attached hydrogen (secondary N) is 1. The minimum atomic E-state index is -0.0432. The molecule has 1 aromatic carbocycles. The van der Waals surface area contributed by atoms with Gasteiger partial charge in [-0.1, -0.05) is 29.0 Å². The fraction of sp³-hybridized carbons (Fsp3) is 0.350. The van der Waals surface area contributed by atoms with E-state index in [1.165, 1.54) is 5.56 Å². The number of carbonyl (C=O) groups excluding carboxylic acids is 1. The van der Waals surface area contributed by atoms with Crippen LogP contribution in [0, 0.1) is 19.8 Å². The summed E-state index contributed by atoms with van der Waals surface area (Å²) in [5.74, 6) is 0.0418. The molecule has 1 atom stereocenters. The lowest BCUT2D eigenvalue weighted by atomic mass is 9.97. The van der Waals surface area contributed by atoms with Gasteiger partial charge in [-0.25, -0.2) is 0 Å². The zero-order valence-corrected chi connectivity index (χ0v) is 16.4. The Morgan fingerprint density at radius 3 is 2.74 bits per heavy atom. The molecule has 27 heavy (non-hydrogen) atoms. The van der Waals surface area contributed by atoms with E-state index in [0.717, 1.165) is 40.9 Å². The number of anilines is 2. The van der Waals surface area contributed by atoms with Gasteiger partial charge in [-0.2, -0.15) is 0 Å². The van der Waals surface area contributed by atoms with Crippen LogP contribution in [0.25, 0.3) is 5.13 Å². The number of aryl methyl sites for hydroxylation is 2. The van der Waals surface area contributed by atoms with Crippen LogP contribution in [0.3, 0.4) is 0 Å². The Hall–Kier alpha value is -2.67. The highest BCUT2D eigenvalue weighted by atomic mass is 32.1. The number of benzene rings is 1. The first kappa shape index (κ1) is 17.7. The third kappa shape index (κ3) is 3.88. The molecule has 4 rings (SSSR count). The van der Waals surface area contributed by atoms with Gasteiger partial charge in [0.1, 0.15) is 0 Å². The molecule has 0 saturated carbocycles. The molecule has 1 amide bonds. The Morgan fingerprint density at radius 2 is 1.96 bits per heavy atom. The summed E-state index contributed by atoms with van der Waals surface area (Å²) in [4.78, 5) is 15.0. The predicted octanol–water partition coefficient (Wildman–Crippen LogP) is 3.80. The average Bonchev–Trinajstić information content (AvgIpc) is 3.35. The second-order valence-corrected chi connectivity index (χ2v) is 7.98. The van der Waals surface area contributed by atoms with Crippen molar-refractivity contribution in [2.75, 3.05) is 23.3 Å². The summed E-state index contributed by atoms with van der Waals surface area (Å²) >= 11 is 1.55. The van der Waals surface area contributed by atoms with Crippen LogP contribution in [0.4, 0.5) is 10.8 Å². The van der Waals surface area contributed by atoms with Gasteiger partial charge in [-0.15, -0.1) is 10.2 Å². The van der Waals surface area contributed by atoms with Crippen LogP contribution in [-0.4, -0.2) is 33.8 Å². The van der Waals surface area contributed by atoms with E-state index in [-0.39, 0.29) is 11.8 Å². The van der Waals surface area contributed by atoms with E-state index in [0.29, 0.717) is 6.54 Å². The molecule has 1 N–H and O–H groups in total. The van der Waals surface area contributed by atoms with Gasteiger partial charge < -0.3 is 10.2 Å². The summed E-state index contributed by atoms with van der Waals surface area (Å²) in [5.41, 5.74) is 3.19. The van der Waals surface area contributed by atoms with Crippen LogP contribution in [0.2, 0.25) is 0 Å². The van der Waals surface area contributed by atoms with Crippen molar-refractivity contribution in [2.24, 2.45) is 5.92 Å². The monoisotopic (exact) mass is 381 g/mol. The molecule has 7 heteroatoms. The van der Waals surface area contributed by atoms with E-state index in [4.69, 9.17) is 0 Å². The highest BCUT2D eigenvalue weighted by Gasteiger charge is 2.28. The maximum Gasteiger partial charge on any atom is 0.229 e. The molecule has 1 fully saturated rings. The van der Waals surface area contributed by atoms with Crippen LogP contribution >= 0.6 is 11.3 Å². The summed E-state index contributed by atoms with van der Waals surface area (Å²) < 4.78 is 1.95. The lowest BCUT2D eigenvalue weighted by Gasteiger charge is -2.31. The van der Waals surface area contributed by atoms with E-state index in [2.05, 4.69) is 33.4 Å². The molecular formula is C20H23N5OS. The fourth-order valence-corrected chi connectivity index (χ4v) is 4.30. The molecule has 3 aromatic rings. The standard InChI is InChI=1S/C20H23N5OS/c1-14-7-8-17(15(2)12-14)21-18(26)16-6-5-11-25(13-16)20-23-22-19(27-20)24-9-3-4-10-24/h3-4,7-10,12,16H,5-6,11,13H2,1-2H3,(H,21,26)/t16-/m0/s1. The number of amides is 1. The molecule has 6 nitrogen and oxygen atoms in total. The molecule has 2 aromatic heterocycles. The number of nitrogens with zero attached hydrogens (tertiary/aromatic N) is 4. The topological polar surface area (TPSA) is 63.1 Å². The molecule has 0 bridgehead atoms. The van der Waals surface area contributed by atoms with Gasteiger partial charge in [-0.3, -0.25) is 9.36 Å². The van der Waals surface area contributed by atoms with Gasteiger partial charge in [0.2, 0.25) is 16.2 Å². The molecule has 140 valence electrons. The first-order valence-corrected chi connectivity index (χ1v) is 10.0. The second-order valence-electron chi connectivity index (χ2n) is 7.05. The Morgan fingerprint density at radius 1 is 1.19 bits per heavy atom. The van der Waals surface area contributed by atoms with Gasteiger partial charge in [0.15, 0.2) is 0 Å². The van der Waals surface area contributed by atoms with Gasteiger partial charge in [-0.05, 0) is 50.5 Å². The lowest BCUT2D eigenvalue weighted by Crippen LogP contribution is -2.40. The minimum Gasteiger partial charge on any atom is -0.346 e. The van der Waals surface area contributed by atoms with Crippen LogP contribution in [0.1, 0.15) is 24.0 Å². The van der Waals surface area contributed by atoms with E-state index >= 15 is 0 Å². The fourth-order valence-electron chi connectivity index (χ4n) is 3.46. The number of hydrogen-bond acceptors (Lipinski definition) is 5. The third-order valence-electron chi connectivity index (χ3n) is 4.93. The minimum absolute atomic E-state index is 0.0432. The molecule has 1 aliphatic heterocycles. The molecule has 1 aliphatic rings. The van der Waals surface area contributed by atoms with Crippen molar-refractivity contribution >= 4 is 28.1 Å². The Bertz CT molecular complexity index is 934. The van der Waals surface area contributed by atoms with E-state index in [9.17, 15) is 4.79 Å². The Labute approximate surface area is 162 Å². The highest BCUT2D eigenvalue weighted by molar-refractivity contribution is 7.17. The van der Waals surface area contributed by atoms with Crippen molar-refractivity contribution in [2.45, 2.75) is 26.7 Å². The number of rotatable bonds is 4. The number of carbonyl (C=O) groups is 1. The normalized spacial score (nSPS) is 17.1. The summed E-state index contributed by atoms with van der Waals surface area (Å²) in [6.07, 6.45) is 5.79. The highest BCUT2D eigenvalue weighted by Crippen LogP contribution is 2.28. The average molecular weight is 382 g/mol. The van der Waals surface area contributed by atoms with Crippen molar-refractivity contribution in [3.05, 3.63) is 53.9 Å². The Kier molecular flexibility index (Phi) is 4.94. The van der Waals surface area contributed by atoms with Crippen molar-refractivity contribution in [3.8, 4) is 5.13 Å². The zero-order chi connectivity index (χ0) is 18.8. The van der Waals surface area contributed by atoms with Crippen LogP contribution in [0.15, 0.2) is 42.7 Å². The van der Waals surface area contributed by atoms with Crippen LogP contribution < -0.4 is 10.2 Å². The van der Waals surface area contributed by atoms with E-state index < -0.39 is 0 Å². The largest absolute Gasteiger partial charge is 0.346 e. The van der Waals surface area contributed by atoms with Crippen molar-refractivity contribution in [3.63, 3.8) is 0 Å². The van der Waals surface area contributed by atoms with E-state index in [1.807, 2.05) is 48.1 Å². The van der Waals surface area contributed by atoms with Crippen molar-refractivity contribution in [1.29, 1.82) is 0 Å². The van der Waals surface area contributed by atoms with Gasteiger partial charge in [0.25, 0.3) is 0 Å². The summed E-state index contributed by atoms with van der Waals surface area (Å²) in [7, 11) is 0. The number of hydrogen-bond donors (Lipinski definition) is 1. The van der Waals surface area contributed by atoms with Crippen molar-refractivity contribution in [1.82, 2.24) is 14.8 Å². The molecular weight excluding hydrogens is 358 g/mol. The maximum absolute atomic E-state index is 12.8. The van der Waals surface area contributed by atoms with E-state index in [1.54, 1.807) is 11.3 Å². The first-order chi connectivity index (χ1) is 13.1. The molecule has 0 spiro atoms. The predicted molar refractivity (Wildman–Crippen MR) is 109 cm³/mol. The van der Waals surface area contributed by atoms with Crippen LogP contribution in [0.5, 0.6) is 0 Å². The first-order valence-electron chi connectivity index (χ1n) is 9.20. The molecule has 0 unspecified atom stereocenters. The van der Waals surface area contributed by atoms with Gasteiger partial charge in [0.05, 0.1) is 5.92 Å². The molecule has 0 aliphatic carbocycles. The van der Waals surface area contributed by atoms with Crippen LogP contribution in [-0.2, 0) is 4.79 Å². The number of piperidine rings is 1. The zero-order valence-electron chi connectivity index (χ0n) is 15.6. The maximum atomic E-state index is 12.8. The molecule has 3 heterocycles. The molecule has 1 saturated heterocycles. The van der Waals surface area contributed by atoms with Gasteiger partial charge in [0, 0.05) is 31.2 Å². The quantitative estimate of drug-likeness (QED) is 0.747. The molecule has 0 radical (unpaired) electrons. The van der Waals surface area contributed by atoms with Gasteiger partial charge >= 0.3 is 0 Å². The Balaban J connectivity index is 1.44. The third-order valence-corrected chi connectivity index (χ3v) is 5.93. The summed E-state index contributed by atoms with van der Waals surface area (Å²) in [6.45, 7) is 5.67. The van der Waals surface area contributed by atoms with Crippen molar-refractivity contribution < 1.29 is 4.79 Å². The summed E-state index contributed by atoms with van der Waals surface area (Å²) in [5, 5.41) is 13.4. The number of aromatic nitrogens is 3. The smallest absolute Gasteiger partial charge is 0.229 e. The second kappa shape index (κ2) is 7.52.